The van der Waals surface area contributed by atoms with Crippen LogP contribution in [0, 0.1) is 5.95 Å². The Labute approximate surface area is 104 Å². The van der Waals surface area contributed by atoms with E-state index < -0.39 is 5.95 Å². The van der Waals surface area contributed by atoms with Crippen molar-refractivity contribution >= 4 is 17.3 Å². The third-order valence-electron chi connectivity index (χ3n) is 2.36. The van der Waals surface area contributed by atoms with Gasteiger partial charge < -0.3 is 11.1 Å². The zero-order chi connectivity index (χ0) is 13.0. The van der Waals surface area contributed by atoms with Gasteiger partial charge in [-0.1, -0.05) is 12.1 Å². The second kappa shape index (κ2) is 5.27. The molecule has 4 nitrogen and oxygen atoms in total. The predicted molar refractivity (Wildman–Crippen MR) is 67.4 cm³/mol. The number of nitrogen functional groups attached to an aromatic ring is 1. The van der Waals surface area contributed by atoms with Gasteiger partial charge in [-0.3, -0.25) is 4.79 Å². The number of nitrogens with two attached hydrogens (primary N) is 1. The zero-order valence-corrected chi connectivity index (χ0v) is 9.56. The standard InChI is InChI=1S/C13H12FN3O/c14-12-6-5-11(8-16-12)17-13(18)7-9-1-3-10(15)4-2-9/h1-6,8H,7,15H2,(H,17,18). The molecule has 0 radical (unpaired) electrons. The maximum Gasteiger partial charge on any atom is 0.228 e. The largest absolute Gasteiger partial charge is 0.399 e. The van der Waals surface area contributed by atoms with Gasteiger partial charge in [0.2, 0.25) is 11.9 Å². The summed E-state index contributed by atoms with van der Waals surface area (Å²) >= 11 is 0. The van der Waals surface area contributed by atoms with Crippen LogP contribution in [0.5, 0.6) is 0 Å². The molecule has 0 saturated carbocycles. The Bertz CT molecular complexity index is 488. The molecule has 0 unspecified atom stereocenters. The van der Waals surface area contributed by atoms with Crippen molar-refractivity contribution in [2.45, 2.75) is 6.42 Å². The summed E-state index contributed by atoms with van der Waals surface area (Å²) in [5, 5.41) is 2.63. The van der Waals surface area contributed by atoms with E-state index in [-0.39, 0.29) is 12.3 Å². The van der Waals surface area contributed by atoms with Crippen molar-refractivity contribution in [3.05, 3.63) is 54.1 Å². The molecule has 2 rings (SSSR count). The van der Waals surface area contributed by atoms with E-state index in [2.05, 4.69) is 10.3 Å². The van der Waals surface area contributed by atoms with Gasteiger partial charge in [0.15, 0.2) is 0 Å². The summed E-state index contributed by atoms with van der Waals surface area (Å²) in [5.74, 6) is -0.764. The van der Waals surface area contributed by atoms with Crippen molar-refractivity contribution in [2.75, 3.05) is 11.1 Å². The van der Waals surface area contributed by atoms with E-state index >= 15 is 0 Å². The Morgan fingerprint density at radius 3 is 2.56 bits per heavy atom. The number of aromatic nitrogens is 1. The normalized spacial score (nSPS) is 10.1. The molecule has 2 aromatic rings. The summed E-state index contributed by atoms with van der Waals surface area (Å²) in [4.78, 5) is 15.1. The van der Waals surface area contributed by atoms with Gasteiger partial charge in [0.1, 0.15) is 0 Å². The SMILES string of the molecule is Nc1ccc(CC(=O)Nc2ccc(F)nc2)cc1. The van der Waals surface area contributed by atoms with Crippen molar-refractivity contribution in [3.8, 4) is 0 Å². The number of pyridine rings is 1. The number of amides is 1. The Hall–Kier alpha value is -2.43. The number of nitrogens with zero attached hydrogens (tertiary/aromatic N) is 1. The van der Waals surface area contributed by atoms with Crippen LogP contribution in [-0.4, -0.2) is 10.9 Å². The van der Waals surface area contributed by atoms with Crippen molar-refractivity contribution in [1.29, 1.82) is 0 Å². The van der Waals surface area contributed by atoms with Gasteiger partial charge in [0.05, 0.1) is 18.3 Å². The average Bonchev–Trinajstić information content (AvgIpc) is 2.35. The molecule has 0 aliphatic carbocycles. The van der Waals surface area contributed by atoms with Gasteiger partial charge in [-0.15, -0.1) is 0 Å². The van der Waals surface area contributed by atoms with Crippen LogP contribution in [0.3, 0.4) is 0 Å². The number of hydrogen-bond donors (Lipinski definition) is 2. The van der Waals surface area contributed by atoms with Crippen LogP contribution in [-0.2, 0) is 11.2 Å². The molecule has 0 aliphatic heterocycles. The van der Waals surface area contributed by atoms with Gasteiger partial charge in [0.25, 0.3) is 0 Å². The summed E-state index contributed by atoms with van der Waals surface area (Å²) in [5.41, 5.74) is 7.53. The number of rotatable bonds is 3. The average molecular weight is 245 g/mol. The second-order valence-electron chi connectivity index (χ2n) is 3.84. The lowest BCUT2D eigenvalue weighted by Crippen LogP contribution is -2.14. The highest BCUT2D eigenvalue weighted by molar-refractivity contribution is 5.92. The number of carbonyl (C=O) groups is 1. The fourth-order valence-electron chi connectivity index (χ4n) is 1.48. The first kappa shape index (κ1) is 12.0. The van der Waals surface area contributed by atoms with Gasteiger partial charge in [-0.2, -0.15) is 4.39 Å². The van der Waals surface area contributed by atoms with Crippen LogP contribution >= 0.6 is 0 Å². The molecular formula is C13H12FN3O. The highest BCUT2D eigenvalue weighted by atomic mass is 19.1. The van der Waals surface area contributed by atoms with Crippen LogP contribution < -0.4 is 11.1 Å². The zero-order valence-electron chi connectivity index (χ0n) is 9.56. The summed E-state index contributed by atoms with van der Waals surface area (Å²) in [7, 11) is 0. The number of benzene rings is 1. The van der Waals surface area contributed by atoms with Crippen LogP contribution in [0.15, 0.2) is 42.6 Å². The van der Waals surface area contributed by atoms with E-state index in [0.717, 1.165) is 5.56 Å². The van der Waals surface area contributed by atoms with Crippen molar-refractivity contribution < 1.29 is 9.18 Å². The van der Waals surface area contributed by atoms with Gasteiger partial charge in [-0.25, -0.2) is 4.98 Å². The molecule has 1 aromatic carbocycles. The molecule has 1 aromatic heterocycles. The van der Waals surface area contributed by atoms with E-state index in [1.807, 2.05) is 0 Å². The highest BCUT2D eigenvalue weighted by Crippen LogP contribution is 2.09. The van der Waals surface area contributed by atoms with E-state index in [0.29, 0.717) is 11.4 Å². The lowest BCUT2D eigenvalue weighted by molar-refractivity contribution is -0.115. The first-order chi connectivity index (χ1) is 8.63. The van der Waals surface area contributed by atoms with Crippen molar-refractivity contribution in [1.82, 2.24) is 4.98 Å². The summed E-state index contributed by atoms with van der Waals surface area (Å²) < 4.78 is 12.6. The molecule has 0 aliphatic rings. The predicted octanol–water partition coefficient (Wildman–Crippen LogP) is 1.98. The number of nitrogens with one attached hydrogen (secondary N) is 1. The smallest absolute Gasteiger partial charge is 0.228 e. The molecule has 1 heterocycles. The van der Waals surface area contributed by atoms with Crippen LogP contribution in [0.2, 0.25) is 0 Å². The lowest BCUT2D eigenvalue weighted by Gasteiger charge is -2.05. The topological polar surface area (TPSA) is 68.0 Å². The minimum absolute atomic E-state index is 0.187. The molecular weight excluding hydrogens is 233 g/mol. The Kier molecular flexibility index (Phi) is 3.52. The number of halogens is 1. The van der Waals surface area contributed by atoms with E-state index in [1.165, 1.54) is 18.3 Å². The van der Waals surface area contributed by atoms with Crippen molar-refractivity contribution in [3.63, 3.8) is 0 Å². The summed E-state index contributed by atoms with van der Waals surface area (Å²) in [6.07, 6.45) is 1.51. The number of hydrogen-bond acceptors (Lipinski definition) is 3. The fourth-order valence-corrected chi connectivity index (χ4v) is 1.48. The molecule has 0 fully saturated rings. The molecule has 0 spiro atoms. The lowest BCUT2D eigenvalue weighted by atomic mass is 10.1. The van der Waals surface area contributed by atoms with E-state index in [4.69, 9.17) is 5.73 Å². The monoisotopic (exact) mass is 245 g/mol. The maximum absolute atomic E-state index is 12.6. The number of anilines is 2. The molecule has 0 saturated heterocycles. The first-order valence-corrected chi connectivity index (χ1v) is 5.39. The van der Waals surface area contributed by atoms with E-state index in [9.17, 15) is 9.18 Å². The molecule has 92 valence electrons. The molecule has 3 N–H and O–H groups in total. The van der Waals surface area contributed by atoms with Gasteiger partial charge in [0, 0.05) is 5.69 Å². The third kappa shape index (κ3) is 3.28. The molecule has 0 atom stereocenters. The summed E-state index contributed by atoms with van der Waals surface area (Å²) in [6.45, 7) is 0. The van der Waals surface area contributed by atoms with Gasteiger partial charge >= 0.3 is 0 Å². The molecule has 1 amide bonds. The van der Waals surface area contributed by atoms with Crippen LogP contribution in [0.25, 0.3) is 0 Å². The number of carbonyl (C=O) groups excluding carboxylic acids is 1. The van der Waals surface area contributed by atoms with E-state index in [1.54, 1.807) is 24.3 Å². The quantitative estimate of drug-likeness (QED) is 0.641. The Morgan fingerprint density at radius 1 is 1.22 bits per heavy atom. The third-order valence-corrected chi connectivity index (χ3v) is 2.36. The Morgan fingerprint density at radius 2 is 1.94 bits per heavy atom. The molecule has 18 heavy (non-hydrogen) atoms. The fraction of sp³-hybridized carbons (Fsp3) is 0.0769. The van der Waals surface area contributed by atoms with Crippen LogP contribution in [0.1, 0.15) is 5.56 Å². The summed E-state index contributed by atoms with van der Waals surface area (Å²) in [6, 6.07) is 9.71. The molecule has 5 heteroatoms. The maximum atomic E-state index is 12.6. The van der Waals surface area contributed by atoms with Crippen molar-refractivity contribution in [2.24, 2.45) is 0 Å². The minimum Gasteiger partial charge on any atom is -0.399 e. The highest BCUT2D eigenvalue weighted by Gasteiger charge is 2.04. The Balaban J connectivity index is 1.96. The minimum atomic E-state index is -0.577. The molecule has 0 bridgehead atoms. The van der Waals surface area contributed by atoms with Gasteiger partial charge in [-0.05, 0) is 29.8 Å². The second-order valence-corrected chi connectivity index (χ2v) is 3.84. The van der Waals surface area contributed by atoms with Crippen LogP contribution in [0.4, 0.5) is 15.8 Å². The first-order valence-electron chi connectivity index (χ1n) is 5.39.